The second-order valence-electron chi connectivity index (χ2n) is 4.90. The number of nitrogens with one attached hydrogen (secondary N) is 1. The molecule has 0 saturated carbocycles. The first-order valence-corrected chi connectivity index (χ1v) is 8.07. The van der Waals surface area contributed by atoms with Crippen molar-refractivity contribution in [2.75, 3.05) is 19.6 Å². The van der Waals surface area contributed by atoms with Gasteiger partial charge in [-0.05, 0) is 37.3 Å². The number of thiophene rings is 1. The third-order valence-electron chi connectivity index (χ3n) is 3.36. The van der Waals surface area contributed by atoms with Crippen molar-refractivity contribution in [2.45, 2.75) is 38.1 Å². The summed E-state index contributed by atoms with van der Waals surface area (Å²) in [4.78, 5) is 14.4. The van der Waals surface area contributed by atoms with E-state index in [-0.39, 0.29) is 11.9 Å². The van der Waals surface area contributed by atoms with Gasteiger partial charge in [0.25, 0.3) is 5.91 Å². The van der Waals surface area contributed by atoms with Crippen LogP contribution in [0, 0.1) is 0 Å². The van der Waals surface area contributed by atoms with E-state index in [1.807, 2.05) is 0 Å². The highest BCUT2D eigenvalue weighted by atomic mass is 35.5. The lowest BCUT2D eigenvalue weighted by Crippen LogP contribution is -2.39. The maximum atomic E-state index is 12.2. The summed E-state index contributed by atoms with van der Waals surface area (Å²) in [6.45, 7) is 0.445. The van der Waals surface area contributed by atoms with Crippen LogP contribution in [0.5, 0.6) is 0 Å². The van der Waals surface area contributed by atoms with E-state index in [1.54, 1.807) is 18.4 Å². The number of hydrogen-bond acceptors (Lipinski definition) is 3. The van der Waals surface area contributed by atoms with E-state index in [0.29, 0.717) is 12.5 Å². The number of alkyl halides is 1. The number of hydrogen-bond donors (Lipinski definition) is 1. The zero-order valence-electron chi connectivity index (χ0n) is 11.2. The van der Waals surface area contributed by atoms with Crippen LogP contribution >= 0.6 is 22.9 Å². The number of aryl methyl sites for hydroxylation is 2. The topological polar surface area (TPSA) is 38.3 Å². The quantitative estimate of drug-likeness (QED) is 0.671. The molecule has 0 bridgehead atoms. The Morgan fingerprint density at radius 3 is 3.00 bits per heavy atom. The fraction of sp³-hybridized carbons (Fsp3) is 0.643. The summed E-state index contributed by atoms with van der Waals surface area (Å²) in [5.74, 6) is 0.339. The van der Waals surface area contributed by atoms with E-state index in [1.165, 1.54) is 29.7 Å². The van der Waals surface area contributed by atoms with Crippen molar-refractivity contribution < 1.29 is 9.53 Å². The Hall–Kier alpha value is -0.580. The van der Waals surface area contributed by atoms with E-state index in [0.717, 1.165) is 17.7 Å². The van der Waals surface area contributed by atoms with Crippen molar-refractivity contribution in [1.82, 2.24) is 5.32 Å². The largest absolute Gasteiger partial charge is 0.383 e. The first-order chi connectivity index (χ1) is 9.24. The van der Waals surface area contributed by atoms with Gasteiger partial charge in [-0.25, -0.2) is 0 Å². The zero-order valence-corrected chi connectivity index (χ0v) is 12.8. The molecule has 0 saturated heterocycles. The van der Waals surface area contributed by atoms with Crippen molar-refractivity contribution in [1.29, 1.82) is 0 Å². The molecule has 2 rings (SSSR count). The molecule has 1 amide bonds. The van der Waals surface area contributed by atoms with Crippen molar-refractivity contribution in [2.24, 2.45) is 0 Å². The van der Waals surface area contributed by atoms with Gasteiger partial charge in [0.2, 0.25) is 0 Å². The van der Waals surface area contributed by atoms with Gasteiger partial charge in [-0.15, -0.1) is 22.9 Å². The predicted molar refractivity (Wildman–Crippen MR) is 79.4 cm³/mol. The van der Waals surface area contributed by atoms with Gasteiger partial charge in [-0.1, -0.05) is 6.42 Å². The van der Waals surface area contributed by atoms with Crippen LogP contribution in [0.2, 0.25) is 0 Å². The Labute approximate surface area is 123 Å². The van der Waals surface area contributed by atoms with Crippen LogP contribution in [0.3, 0.4) is 0 Å². The van der Waals surface area contributed by atoms with Crippen LogP contribution in [0.4, 0.5) is 0 Å². The highest BCUT2D eigenvalue weighted by Crippen LogP contribution is 2.28. The summed E-state index contributed by atoms with van der Waals surface area (Å²) >= 11 is 7.44. The number of rotatable bonds is 5. The molecule has 5 heteroatoms. The van der Waals surface area contributed by atoms with E-state index in [4.69, 9.17) is 16.3 Å². The van der Waals surface area contributed by atoms with Gasteiger partial charge >= 0.3 is 0 Å². The highest BCUT2D eigenvalue weighted by Gasteiger charge is 2.18. The maximum Gasteiger partial charge on any atom is 0.261 e. The van der Waals surface area contributed by atoms with Crippen LogP contribution in [0.15, 0.2) is 6.07 Å². The SMILES string of the molecule is COCC(CCl)NC(=O)c1cc2c(s1)CCCCC2. The Balaban J connectivity index is 2.03. The van der Waals surface area contributed by atoms with Gasteiger partial charge in [0.1, 0.15) is 0 Å². The minimum Gasteiger partial charge on any atom is -0.383 e. The molecule has 1 aliphatic rings. The van der Waals surface area contributed by atoms with Gasteiger partial charge in [0.15, 0.2) is 0 Å². The summed E-state index contributed by atoms with van der Waals surface area (Å²) in [7, 11) is 1.61. The molecule has 0 fully saturated rings. The Morgan fingerprint density at radius 2 is 2.26 bits per heavy atom. The molecule has 1 aromatic rings. The first kappa shape index (κ1) is 14.8. The van der Waals surface area contributed by atoms with Gasteiger partial charge in [0, 0.05) is 17.9 Å². The molecule has 0 aliphatic heterocycles. The molecule has 19 heavy (non-hydrogen) atoms. The molecule has 1 aromatic heterocycles. The molecular weight excluding hydrogens is 282 g/mol. The minimum absolute atomic E-state index is 0.0271. The van der Waals surface area contributed by atoms with Crippen LogP contribution in [-0.2, 0) is 17.6 Å². The lowest BCUT2D eigenvalue weighted by Gasteiger charge is -2.14. The minimum atomic E-state index is -0.124. The Morgan fingerprint density at radius 1 is 1.47 bits per heavy atom. The van der Waals surface area contributed by atoms with E-state index in [2.05, 4.69) is 11.4 Å². The molecule has 1 unspecified atom stereocenters. The Bertz CT molecular complexity index is 410. The first-order valence-electron chi connectivity index (χ1n) is 6.72. The number of carbonyl (C=O) groups is 1. The van der Waals surface area contributed by atoms with Gasteiger partial charge < -0.3 is 10.1 Å². The average molecular weight is 302 g/mol. The fourth-order valence-electron chi connectivity index (χ4n) is 2.36. The highest BCUT2D eigenvalue weighted by molar-refractivity contribution is 7.14. The second-order valence-corrected chi connectivity index (χ2v) is 6.35. The Kier molecular flexibility index (Phi) is 5.67. The van der Waals surface area contributed by atoms with E-state index >= 15 is 0 Å². The number of ether oxygens (including phenoxy) is 1. The van der Waals surface area contributed by atoms with Gasteiger partial charge in [-0.2, -0.15) is 0 Å². The average Bonchev–Trinajstić information content (AvgIpc) is 2.69. The lowest BCUT2D eigenvalue weighted by atomic mass is 10.1. The summed E-state index contributed by atoms with van der Waals surface area (Å²) < 4.78 is 5.03. The molecule has 0 spiro atoms. The van der Waals surface area contributed by atoms with Gasteiger partial charge in [-0.3, -0.25) is 4.79 Å². The molecule has 106 valence electrons. The summed E-state index contributed by atoms with van der Waals surface area (Å²) in [5, 5.41) is 2.92. The summed E-state index contributed by atoms with van der Waals surface area (Å²) in [6.07, 6.45) is 5.99. The number of fused-ring (bicyclic) bond motifs is 1. The number of carbonyl (C=O) groups excluding carboxylic acids is 1. The summed E-state index contributed by atoms with van der Waals surface area (Å²) in [6, 6.07) is 1.93. The molecule has 1 heterocycles. The van der Waals surface area contributed by atoms with Crippen molar-refractivity contribution in [3.05, 3.63) is 21.4 Å². The van der Waals surface area contributed by atoms with Crippen molar-refractivity contribution in [3.63, 3.8) is 0 Å². The molecule has 1 N–H and O–H groups in total. The van der Waals surface area contributed by atoms with Crippen LogP contribution in [-0.4, -0.2) is 31.5 Å². The van der Waals surface area contributed by atoms with Crippen molar-refractivity contribution >= 4 is 28.8 Å². The monoisotopic (exact) mass is 301 g/mol. The number of halogens is 1. The van der Waals surface area contributed by atoms with Gasteiger partial charge in [0.05, 0.1) is 17.5 Å². The standard InChI is InChI=1S/C14H20ClNO2S/c1-18-9-11(8-15)16-14(17)13-7-10-5-3-2-4-6-12(10)19-13/h7,11H,2-6,8-9H2,1H3,(H,16,17). The zero-order chi connectivity index (χ0) is 13.7. The molecule has 0 radical (unpaired) electrons. The molecule has 3 nitrogen and oxygen atoms in total. The van der Waals surface area contributed by atoms with Crippen LogP contribution in [0.25, 0.3) is 0 Å². The molecule has 0 aromatic carbocycles. The molecule has 1 atom stereocenters. The molecular formula is C14H20ClNO2S. The van der Waals surface area contributed by atoms with Crippen molar-refractivity contribution in [3.8, 4) is 0 Å². The number of amides is 1. The van der Waals surface area contributed by atoms with Crippen LogP contribution < -0.4 is 5.32 Å². The smallest absolute Gasteiger partial charge is 0.261 e. The summed E-state index contributed by atoms with van der Waals surface area (Å²) in [5.41, 5.74) is 1.36. The second kappa shape index (κ2) is 7.27. The fourth-order valence-corrected chi connectivity index (χ4v) is 3.68. The third-order valence-corrected chi connectivity index (χ3v) is 4.97. The number of methoxy groups -OCH3 is 1. The lowest BCUT2D eigenvalue weighted by molar-refractivity contribution is 0.0911. The predicted octanol–water partition coefficient (Wildman–Crippen LogP) is 3.00. The van der Waals surface area contributed by atoms with E-state index in [9.17, 15) is 4.79 Å². The molecule has 1 aliphatic carbocycles. The van der Waals surface area contributed by atoms with Crippen LogP contribution in [0.1, 0.15) is 39.4 Å². The third kappa shape index (κ3) is 3.94. The maximum absolute atomic E-state index is 12.2. The van der Waals surface area contributed by atoms with E-state index < -0.39 is 0 Å². The normalized spacial score (nSPS) is 16.5.